The minimum Gasteiger partial charge on any atom is -0.342 e. The molecule has 1 aromatic heterocycles. The zero-order chi connectivity index (χ0) is 14.9. The predicted molar refractivity (Wildman–Crippen MR) is 77.3 cm³/mol. The fourth-order valence-corrected chi connectivity index (χ4v) is 2.52. The number of nitrogens with zero attached hydrogens (tertiary/aromatic N) is 2. The van der Waals surface area contributed by atoms with Gasteiger partial charge in [-0.05, 0) is 38.3 Å². The van der Waals surface area contributed by atoms with Gasteiger partial charge < -0.3 is 5.32 Å². The molecular formula is C15H21N3O2. The van der Waals surface area contributed by atoms with E-state index in [0.29, 0.717) is 18.0 Å². The lowest BCUT2D eigenvalue weighted by Crippen LogP contribution is -2.63. The average Bonchev–Trinajstić information content (AvgIpc) is 2.38. The van der Waals surface area contributed by atoms with E-state index < -0.39 is 12.1 Å². The molecule has 1 N–H and O–H groups in total. The maximum absolute atomic E-state index is 12.7. The Morgan fingerprint density at radius 1 is 1.40 bits per heavy atom. The molecule has 5 heteroatoms. The van der Waals surface area contributed by atoms with Crippen LogP contribution >= 0.6 is 0 Å². The van der Waals surface area contributed by atoms with E-state index in [1.165, 1.54) is 0 Å². The fourth-order valence-electron chi connectivity index (χ4n) is 2.52. The SMILES string of the molecule is Cc1ncccc1N1C(=O)C(CC(C)C)NC(=O)C1C. The lowest BCUT2D eigenvalue weighted by Gasteiger charge is -2.38. The Kier molecular flexibility index (Phi) is 4.06. The highest BCUT2D eigenvalue weighted by Gasteiger charge is 2.39. The highest BCUT2D eigenvalue weighted by molar-refractivity contribution is 6.08. The maximum atomic E-state index is 12.7. The summed E-state index contributed by atoms with van der Waals surface area (Å²) < 4.78 is 0. The molecule has 5 nitrogen and oxygen atoms in total. The van der Waals surface area contributed by atoms with Crippen LogP contribution in [0.2, 0.25) is 0 Å². The number of hydrogen-bond acceptors (Lipinski definition) is 3. The van der Waals surface area contributed by atoms with E-state index in [0.717, 1.165) is 5.69 Å². The third-order valence-electron chi connectivity index (χ3n) is 3.56. The number of carbonyl (C=O) groups is 2. The van der Waals surface area contributed by atoms with Crippen molar-refractivity contribution in [3.8, 4) is 0 Å². The Labute approximate surface area is 119 Å². The quantitative estimate of drug-likeness (QED) is 0.912. The molecule has 0 saturated carbocycles. The maximum Gasteiger partial charge on any atom is 0.250 e. The average molecular weight is 275 g/mol. The van der Waals surface area contributed by atoms with Crippen LogP contribution in [0, 0.1) is 12.8 Å². The summed E-state index contributed by atoms with van der Waals surface area (Å²) in [5.74, 6) is 0.176. The van der Waals surface area contributed by atoms with Crippen molar-refractivity contribution in [1.29, 1.82) is 0 Å². The minimum atomic E-state index is -0.506. The summed E-state index contributed by atoms with van der Waals surface area (Å²) in [6.07, 6.45) is 2.33. The van der Waals surface area contributed by atoms with Crippen LogP contribution in [0.25, 0.3) is 0 Å². The van der Waals surface area contributed by atoms with Crippen LogP contribution < -0.4 is 10.2 Å². The van der Waals surface area contributed by atoms with Crippen LogP contribution in [0.4, 0.5) is 5.69 Å². The zero-order valence-corrected chi connectivity index (χ0v) is 12.4. The van der Waals surface area contributed by atoms with Crippen molar-refractivity contribution >= 4 is 17.5 Å². The molecule has 1 fully saturated rings. The van der Waals surface area contributed by atoms with Gasteiger partial charge in [-0.25, -0.2) is 0 Å². The number of rotatable bonds is 3. The van der Waals surface area contributed by atoms with Gasteiger partial charge in [-0.2, -0.15) is 0 Å². The van der Waals surface area contributed by atoms with Gasteiger partial charge in [0.05, 0.1) is 11.4 Å². The van der Waals surface area contributed by atoms with E-state index >= 15 is 0 Å². The second kappa shape index (κ2) is 5.61. The number of aryl methyl sites for hydroxylation is 1. The van der Waals surface area contributed by atoms with Gasteiger partial charge in [-0.3, -0.25) is 19.5 Å². The van der Waals surface area contributed by atoms with Gasteiger partial charge in [-0.15, -0.1) is 0 Å². The molecule has 0 radical (unpaired) electrons. The molecule has 0 aromatic carbocycles. The summed E-state index contributed by atoms with van der Waals surface area (Å²) in [4.78, 5) is 30.5. The molecule has 1 aromatic rings. The Morgan fingerprint density at radius 2 is 2.10 bits per heavy atom. The number of anilines is 1. The molecule has 2 amide bonds. The third-order valence-corrected chi connectivity index (χ3v) is 3.56. The summed E-state index contributed by atoms with van der Waals surface area (Å²) in [7, 11) is 0. The first kappa shape index (κ1) is 14.5. The number of nitrogens with one attached hydrogen (secondary N) is 1. The second-order valence-electron chi connectivity index (χ2n) is 5.68. The topological polar surface area (TPSA) is 62.3 Å². The van der Waals surface area contributed by atoms with Crippen molar-refractivity contribution in [3.63, 3.8) is 0 Å². The van der Waals surface area contributed by atoms with Crippen LogP contribution in [-0.2, 0) is 9.59 Å². The highest BCUT2D eigenvalue weighted by atomic mass is 16.2. The lowest BCUT2D eigenvalue weighted by molar-refractivity contribution is -0.133. The first-order valence-corrected chi connectivity index (χ1v) is 6.97. The number of amides is 2. The number of piperazine rings is 1. The Bertz CT molecular complexity index is 528. The van der Waals surface area contributed by atoms with E-state index in [2.05, 4.69) is 10.3 Å². The van der Waals surface area contributed by atoms with Gasteiger partial charge in [0.1, 0.15) is 12.1 Å². The van der Waals surface area contributed by atoms with E-state index in [4.69, 9.17) is 0 Å². The minimum absolute atomic E-state index is 0.0538. The molecule has 108 valence electrons. The molecule has 0 spiro atoms. The lowest BCUT2D eigenvalue weighted by atomic mass is 9.98. The smallest absolute Gasteiger partial charge is 0.250 e. The van der Waals surface area contributed by atoms with Gasteiger partial charge >= 0.3 is 0 Å². The van der Waals surface area contributed by atoms with Crippen molar-refractivity contribution in [2.45, 2.75) is 46.2 Å². The Hall–Kier alpha value is -1.91. The van der Waals surface area contributed by atoms with E-state index in [-0.39, 0.29) is 11.8 Å². The summed E-state index contributed by atoms with van der Waals surface area (Å²) >= 11 is 0. The predicted octanol–water partition coefficient (Wildman–Crippen LogP) is 1.66. The first-order chi connectivity index (χ1) is 9.41. The Balaban J connectivity index is 2.36. The first-order valence-electron chi connectivity index (χ1n) is 6.97. The molecule has 2 rings (SSSR count). The van der Waals surface area contributed by atoms with Gasteiger partial charge in [-0.1, -0.05) is 13.8 Å². The van der Waals surface area contributed by atoms with Gasteiger partial charge in [0, 0.05) is 6.20 Å². The summed E-state index contributed by atoms with van der Waals surface area (Å²) in [5.41, 5.74) is 1.47. The summed E-state index contributed by atoms with van der Waals surface area (Å²) in [5, 5.41) is 2.82. The van der Waals surface area contributed by atoms with Crippen LogP contribution in [0.15, 0.2) is 18.3 Å². The van der Waals surface area contributed by atoms with E-state index in [1.807, 2.05) is 26.8 Å². The highest BCUT2D eigenvalue weighted by Crippen LogP contribution is 2.25. The molecule has 1 aliphatic rings. The van der Waals surface area contributed by atoms with Gasteiger partial charge in [0.25, 0.3) is 0 Å². The van der Waals surface area contributed by atoms with Crippen molar-refractivity contribution in [1.82, 2.24) is 10.3 Å². The molecule has 1 aliphatic heterocycles. The monoisotopic (exact) mass is 275 g/mol. The number of aromatic nitrogens is 1. The second-order valence-corrected chi connectivity index (χ2v) is 5.68. The van der Waals surface area contributed by atoms with Gasteiger partial charge in [0.2, 0.25) is 11.8 Å². The summed E-state index contributed by atoms with van der Waals surface area (Å²) in [6.45, 7) is 7.67. The van der Waals surface area contributed by atoms with Crippen molar-refractivity contribution in [3.05, 3.63) is 24.0 Å². The van der Waals surface area contributed by atoms with Crippen LogP contribution in [-0.4, -0.2) is 28.9 Å². The Morgan fingerprint density at radius 3 is 2.70 bits per heavy atom. The standard InChI is InChI=1S/C15H21N3O2/c1-9(2)8-12-15(20)18(11(4)14(19)17-12)13-6-5-7-16-10(13)3/h5-7,9,11-12H,8H2,1-4H3,(H,17,19). The molecule has 0 bridgehead atoms. The van der Waals surface area contributed by atoms with Crippen LogP contribution in [0.3, 0.4) is 0 Å². The van der Waals surface area contributed by atoms with Gasteiger partial charge in [0.15, 0.2) is 0 Å². The van der Waals surface area contributed by atoms with Crippen molar-refractivity contribution in [2.24, 2.45) is 5.92 Å². The summed E-state index contributed by atoms with van der Waals surface area (Å²) in [6, 6.07) is 2.67. The van der Waals surface area contributed by atoms with Crippen LogP contribution in [0.5, 0.6) is 0 Å². The molecular weight excluding hydrogens is 254 g/mol. The van der Waals surface area contributed by atoms with E-state index in [9.17, 15) is 9.59 Å². The molecule has 20 heavy (non-hydrogen) atoms. The molecule has 2 heterocycles. The fraction of sp³-hybridized carbons (Fsp3) is 0.533. The largest absolute Gasteiger partial charge is 0.342 e. The number of pyridine rings is 1. The number of carbonyl (C=O) groups excluding carboxylic acids is 2. The van der Waals surface area contributed by atoms with E-state index in [1.54, 1.807) is 24.1 Å². The van der Waals surface area contributed by atoms with Crippen molar-refractivity contribution < 1.29 is 9.59 Å². The zero-order valence-electron chi connectivity index (χ0n) is 12.4. The molecule has 2 atom stereocenters. The normalized spacial score (nSPS) is 23.1. The molecule has 2 unspecified atom stereocenters. The third kappa shape index (κ3) is 2.66. The van der Waals surface area contributed by atoms with Crippen molar-refractivity contribution in [2.75, 3.05) is 4.90 Å². The number of hydrogen-bond donors (Lipinski definition) is 1. The molecule has 1 saturated heterocycles. The van der Waals surface area contributed by atoms with Crippen LogP contribution in [0.1, 0.15) is 32.9 Å². The molecule has 0 aliphatic carbocycles.